The molecule has 0 spiro atoms. The van der Waals surface area contributed by atoms with Crippen LogP contribution in [0.15, 0.2) is 18.2 Å². The predicted octanol–water partition coefficient (Wildman–Crippen LogP) is 2.84. The zero-order valence-corrected chi connectivity index (χ0v) is 16.2. The summed E-state index contributed by atoms with van der Waals surface area (Å²) in [6, 6.07) is 5.84. The average Bonchev–Trinajstić information content (AvgIpc) is 2.99. The van der Waals surface area contributed by atoms with Gasteiger partial charge in [0.25, 0.3) is 5.91 Å². The molecule has 0 saturated carbocycles. The van der Waals surface area contributed by atoms with Crippen LogP contribution in [0.4, 0.5) is 0 Å². The van der Waals surface area contributed by atoms with Gasteiger partial charge in [0, 0.05) is 20.2 Å². The van der Waals surface area contributed by atoms with Gasteiger partial charge in [-0.3, -0.25) is 9.59 Å². The molecule has 2 unspecified atom stereocenters. The van der Waals surface area contributed by atoms with Gasteiger partial charge in [0.05, 0.1) is 6.61 Å². The SMILES string of the molecule is COCC1(C(=O)O)CCN(C(=O)C(C)Oc2ccc(C(C)C)c(C)c2)C1. The number of carbonyl (C=O) groups excluding carboxylic acids is 1. The Labute approximate surface area is 155 Å². The fourth-order valence-corrected chi connectivity index (χ4v) is 3.57. The quantitative estimate of drug-likeness (QED) is 0.806. The molecular weight excluding hydrogens is 334 g/mol. The molecule has 1 saturated heterocycles. The Hall–Kier alpha value is -2.08. The third-order valence-electron chi connectivity index (χ3n) is 5.06. The minimum atomic E-state index is -1.03. The molecular formula is C20H29NO5. The number of methoxy groups -OCH3 is 1. The van der Waals surface area contributed by atoms with Crippen LogP contribution in [0.3, 0.4) is 0 Å². The summed E-state index contributed by atoms with van der Waals surface area (Å²) in [5.41, 5.74) is 1.35. The van der Waals surface area contributed by atoms with Crippen molar-refractivity contribution >= 4 is 11.9 Å². The summed E-state index contributed by atoms with van der Waals surface area (Å²) < 4.78 is 10.9. The number of aliphatic carboxylic acids is 1. The van der Waals surface area contributed by atoms with Crippen LogP contribution in [-0.2, 0) is 14.3 Å². The highest BCUT2D eigenvalue weighted by atomic mass is 16.5. The lowest BCUT2D eigenvalue weighted by atomic mass is 9.88. The van der Waals surface area contributed by atoms with Crippen molar-refractivity contribution in [1.29, 1.82) is 0 Å². The largest absolute Gasteiger partial charge is 0.481 e. The van der Waals surface area contributed by atoms with Crippen LogP contribution < -0.4 is 4.74 Å². The van der Waals surface area contributed by atoms with Crippen molar-refractivity contribution in [3.8, 4) is 5.75 Å². The van der Waals surface area contributed by atoms with E-state index in [0.29, 0.717) is 24.6 Å². The number of amides is 1. The summed E-state index contributed by atoms with van der Waals surface area (Å²) in [6.07, 6.45) is -0.289. The van der Waals surface area contributed by atoms with Gasteiger partial charge in [0.15, 0.2) is 6.10 Å². The number of hydrogen-bond donors (Lipinski definition) is 1. The van der Waals surface area contributed by atoms with Crippen LogP contribution in [0.2, 0.25) is 0 Å². The molecule has 2 atom stereocenters. The highest BCUT2D eigenvalue weighted by Crippen LogP contribution is 2.32. The maximum absolute atomic E-state index is 12.7. The third kappa shape index (κ3) is 4.18. The van der Waals surface area contributed by atoms with Crippen molar-refractivity contribution < 1.29 is 24.2 Å². The molecule has 1 fully saturated rings. The van der Waals surface area contributed by atoms with Crippen molar-refractivity contribution in [1.82, 2.24) is 4.90 Å². The van der Waals surface area contributed by atoms with E-state index < -0.39 is 17.5 Å². The topological polar surface area (TPSA) is 76.1 Å². The maximum atomic E-state index is 12.7. The first-order chi connectivity index (χ1) is 12.2. The predicted molar refractivity (Wildman–Crippen MR) is 98.5 cm³/mol. The molecule has 26 heavy (non-hydrogen) atoms. The number of carbonyl (C=O) groups is 2. The van der Waals surface area contributed by atoms with Crippen LogP contribution in [0, 0.1) is 12.3 Å². The van der Waals surface area contributed by atoms with Crippen LogP contribution in [0.1, 0.15) is 44.2 Å². The van der Waals surface area contributed by atoms with E-state index in [-0.39, 0.29) is 19.1 Å². The first-order valence-corrected chi connectivity index (χ1v) is 8.98. The molecule has 6 nitrogen and oxygen atoms in total. The monoisotopic (exact) mass is 363 g/mol. The summed E-state index contributed by atoms with van der Waals surface area (Å²) >= 11 is 0. The number of ether oxygens (including phenoxy) is 2. The van der Waals surface area contributed by atoms with Gasteiger partial charge in [-0.25, -0.2) is 0 Å². The van der Waals surface area contributed by atoms with Gasteiger partial charge in [-0.15, -0.1) is 0 Å². The molecule has 2 rings (SSSR count). The standard InChI is InChI=1S/C20H29NO5/c1-13(2)17-7-6-16(10-14(17)3)26-15(4)18(22)21-9-8-20(11-21,12-25-5)19(23)24/h6-7,10,13,15H,8-9,11-12H2,1-5H3,(H,23,24). The first kappa shape index (κ1) is 20.2. The fourth-order valence-electron chi connectivity index (χ4n) is 3.57. The van der Waals surface area contributed by atoms with Gasteiger partial charge in [0.2, 0.25) is 0 Å². The van der Waals surface area contributed by atoms with Gasteiger partial charge < -0.3 is 19.5 Å². The summed E-state index contributed by atoms with van der Waals surface area (Å²) in [5, 5.41) is 9.52. The molecule has 1 aliphatic heterocycles. The Kier molecular flexibility index (Phi) is 6.29. The van der Waals surface area contributed by atoms with Gasteiger partial charge >= 0.3 is 5.97 Å². The fraction of sp³-hybridized carbons (Fsp3) is 0.600. The van der Waals surface area contributed by atoms with Gasteiger partial charge in [-0.1, -0.05) is 19.9 Å². The highest BCUT2D eigenvalue weighted by Gasteiger charge is 2.47. The Morgan fingerprint density at radius 2 is 2.00 bits per heavy atom. The zero-order chi connectivity index (χ0) is 19.5. The number of benzene rings is 1. The van der Waals surface area contributed by atoms with E-state index in [1.807, 2.05) is 25.1 Å². The molecule has 1 aromatic rings. The zero-order valence-electron chi connectivity index (χ0n) is 16.2. The lowest BCUT2D eigenvalue weighted by Gasteiger charge is -2.25. The molecule has 1 N–H and O–H groups in total. The van der Waals surface area contributed by atoms with E-state index in [4.69, 9.17) is 9.47 Å². The second kappa shape index (κ2) is 8.08. The van der Waals surface area contributed by atoms with Crippen molar-refractivity contribution in [3.63, 3.8) is 0 Å². The average molecular weight is 363 g/mol. The number of aryl methyl sites for hydroxylation is 1. The molecule has 0 radical (unpaired) electrons. The number of nitrogens with zero attached hydrogens (tertiary/aromatic N) is 1. The van der Waals surface area contributed by atoms with Crippen LogP contribution in [-0.4, -0.2) is 54.8 Å². The van der Waals surface area contributed by atoms with Crippen molar-refractivity contribution in [2.45, 2.75) is 46.1 Å². The van der Waals surface area contributed by atoms with Crippen LogP contribution in [0.5, 0.6) is 5.75 Å². The summed E-state index contributed by atoms with van der Waals surface area (Å²) in [6.45, 7) is 8.64. The summed E-state index contributed by atoms with van der Waals surface area (Å²) in [7, 11) is 1.48. The third-order valence-corrected chi connectivity index (χ3v) is 5.06. The summed E-state index contributed by atoms with van der Waals surface area (Å²) in [4.78, 5) is 25.9. The van der Waals surface area contributed by atoms with E-state index in [9.17, 15) is 14.7 Å². The second-order valence-electron chi connectivity index (χ2n) is 7.46. The first-order valence-electron chi connectivity index (χ1n) is 8.98. The van der Waals surface area contributed by atoms with Crippen molar-refractivity contribution in [2.75, 3.05) is 26.8 Å². The smallest absolute Gasteiger partial charge is 0.313 e. The van der Waals surface area contributed by atoms with E-state index >= 15 is 0 Å². The van der Waals surface area contributed by atoms with Gasteiger partial charge in [-0.2, -0.15) is 0 Å². The Morgan fingerprint density at radius 3 is 2.54 bits per heavy atom. The Bertz CT molecular complexity index is 672. The molecule has 1 aromatic carbocycles. The number of likely N-dealkylation sites (tertiary alicyclic amines) is 1. The lowest BCUT2D eigenvalue weighted by Crippen LogP contribution is -2.43. The van der Waals surface area contributed by atoms with Crippen LogP contribution in [0.25, 0.3) is 0 Å². The molecule has 1 amide bonds. The number of carboxylic acid groups (broad SMARTS) is 1. The number of carboxylic acids is 1. The highest BCUT2D eigenvalue weighted by molar-refractivity contribution is 5.83. The Balaban J connectivity index is 2.04. The normalized spacial score (nSPS) is 21.1. The number of hydrogen-bond acceptors (Lipinski definition) is 4. The van der Waals surface area contributed by atoms with E-state index in [1.165, 1.54) is 12.7 Å². The molecule has 6 heteroatoms. The Morgan fingerprint density at radius 1 is 1.31 bits per heavy atom. The minimum Gasteiger partial charge on any atom is -0.481 e. The second-order valence-corrected chi connectivity index (χ2v) is 7.46. The van der Waals surface area contributed by atoms with E-state index in [1.54, 1.807) is 11.8 Å². The molecule has 1 aliphatic rings. The van der Waals surface area contributed by atoms with Gasteiger partial charge in [0.1, 0.15) is 11.2 Å². The van der Waals surface area contributed by atoms with E-state index in [2.05, 4.69) is 13.8 Å². The number of rotatable bonds is 7. The van der Waals surface area contributed by atoms with Crippen LogP contribution >= 0.6 is 0 Å². The molecule has 0 aromatic heterocycles. The van der Waals surface area contributed by atoms with E-state index in [0.717, 1.165) is 5.56 Å². The molecule has 0 aliphatic carbocycles. The van der Waals surface area contributed by atoms with Crippen molar-refractivity contribution in [3.05, 3.63) is 29.3 Å². The molecule has 144 valence electrons. The maximum Gasteiger partial charge on any atom is 0.313 e. The lowest BCUT2D eigenvalue weighted by molar-refractivity contribution is -0.152. The summed E-state index contributed by atoms with van der Waals surface area (Å²) in [5.74, 6) is -0.0519. The molecule has 1 heterocycles. The molecule has 0 bridgehead atoms. The minimum absolute atomic E-state index is 0.0945. The van der Waals surface area contributed by atoms with Crippen molar-refractivity contribution in [2.24, 2.45) is 5.41 Å². The van der Waals surface area contributed by atoms with Gasteiger partial charge in [-0.05, 0) is 49.4 Å².